The minimum Gasteiger partial charge on any atom is -0.460 e. The summed E-state index contributed by atoms with van der Waals surface area (Å²) in [7, 11) is 0. The van der Waals surface area contributed by atoms with E-state index < -0.39 is 0 Å². The van der Waals surface area contributed by atoms with Gasteiger partial charge in [-0.15, -0.1) is 0 Å². The van der Waals surface area contributed by atoms with Gasteiger partial charge in [0.25, 0.3) is 0 Å². The molecule has 0 spiro atoms. The van der Waals surface area contributed by atoms with Crippen molar-refractivity contribution in [1.29, 1.82) is 0 Å². The second-order valence-corrected chi connectivity index (χ2v) is 7.61. The van der Waals surface area contributed by atoms with E-state index in [4.69, 9.17) is 4.74 Å². The highest BCUT2D eigenvalue weighted by Crippen LogP contribution is 2.40. The van der Waals surface area contributed by atoms with Crippen LogP contribution in [-0.2, 0) is 27.5 Å². The minimum absolute atomic E-state index is 0.153. The monoisotopic (exact) mass is 363 g/mol. The molecule has 0 amide bonds. The number of ether oxygens (including phenoxy) is 1. The molecule has 2 fully saturated rings. The van der Waals surface area contributed by atoms with E-state index in [1.165, 1.54) is 0 Å². The molecule has 0 N–H and O–H groups in total. The molecule has 2 aromatic rings. The summed E-state index contributed by atoms with van der Waals surface area (Å²) < 4.78 is 5.65. The SMILES string of the molecule is O=C1CCC2CC(C(=O)OCc3ccccc3)N(Cc3ccccc3)[C@@H]2C1. The number of likely N-dealkylation sites (tertiary alicyclic amines) is 1. The van der Waals surface area contributed by atoms with Crippen LogP contribution in [0.25, 0.3) is 0 Å². The molecule has 4 heteroatoms. The molecule has 0 radical (unpaired) electrons. The Morgan fingerprint density at radius 3 is 2.37 bits per heavy atom. The predicted octanol–water partition coefficient (Wildman–Crippen LogP) is 3.74. The third-order valence-corrected chi connectivity index (χ3v) is 5.83. The maximum Gasteiger partial charge on any atom is 0.323 e. The molecule has 4 rings (SSSR count). The number of benzene rings is 2. The molecule has 0 bridgehead atoms. The van der Waals surface area contributed by atoms with Crippen molar-refractivity contribution in [2.24, 2.45) is 5.92 Å². The fraction of sp³-hybridized carbons (Fsp3) is 0.391. The van der Waals surface area contributed by atoms with Crippen molar-refractivity contribution in [3.05, 3.63) is 71.8 Å². The Morgan fingerprint density at radius 1 is 1.00 bits per heavy atom. The van der Waals surface area contributed by atoms with Crippen molar-refractivity contribution in [3.8, 4) is 0 Å². The maximum absolute atomic E-state index is 12.9. The van der Waals surface area contributed by atoms with Gasteiger partial charge in [-0.3, -0.25) is 14.5 Å². The van der Waals surface area contributed by atoms with E-state index in [-0.39, 0.29) is 18.1 Å². The highest BCUT2D eigenvalue weighted by molar-refractivity contribution is 5.81. The minimum atomic E-state index is -0.269. The van der Waals surface area contributed by atoms with Gasteiger partial charge in [0.1, 0.15) is 18.4 Å². The summed E-state index contributed by atoms with van der Waals surface area (Å²) in [5.41, 5.74) is 2.16. The quantitative estimate of drug-likeness (QED) is 0.759. The second-order valence-electron chi connectivity index (χ2n) is 7.61. The average Bonchev–Trinajstić information content (AvgIpc) is 3.05. The van der Waals surface area contributed by atoms with Crippen LogP contribution in [0.1, 0.15) is 36.8 Å². The van der Waals surface area contributed by atoms with Gasteiger partial charge in [-0.2, -0.15) is 0 Å². The van der Waals surface area contributed by atoms with E-state index in [9.17, 15) is 9.59 Å². The number of fused-ring (bicyclic) bond motifs is 1. The first-order chi connectivity index (χ1) is 13.2. The Hall–Kier alpha value is -2.46. The van der Waals surface area contributed by atoms with Crippen molar-refractivity contribution in [2.45, 2.75) is 50.9 Å². The normalized spacial score (nSPS) is 25.2. The lowest BCUT2D eigenvalue weighted by Gasteiger charge is -2.32. The van der Waals surface area contributed by atoms with Gasteiger partial charge in [-0.25, -0.2) is 0 Å². The maximum atomic E-state index is 12.9. The summed E-state index contributed by atoms with van der Waals surface area (Å²) in [5.74, 6) is 0.546. The van der Waals surface area contributed by atoms with E-state index in [0.717, 1.165) is 24.0 Å². The number of carbonyl (C=O) groups excluding carboxylic acids is 2. The fourth-order valence-electron chi connectivity index (χ4n) is 4.44. The van der Waals surface area contributed by atoms with E-state index in [1.54, 1.807) is 0 Å². The van der Waals surface area contributed by atoms with E-state index >= 15 is 0 Å². The van der Waals surface area contributed by atoms with Gasteiger partial charge in [0.15, 0.2) is 0 Å². The predicted molar refractivity (Wildman–Crippen MR) is 103 cm³/mol. The first-order valence-corrected chi connectivity index (χ1v) is 9.72. The number of hydrogen-bond acceptors (Lipinski definition) is 4. The van der Waals surface area contributed by atoms with Gasteiger partial charge >= 0.3 is 5.97 Å². The average molecular weight is 363 g/mol. The van der Waals surface area contributed by atoms with Gasteiger partial charge in [-0.1, -0.05) is 60.7 Å². The van der Waals surface area contributed by atoms with Crippen LogP contribution in [-0.4, -0.2) is 28.7 Å². The summed E-state index contributed by atoms with van der Waals surface area (Å²) in [6.07, 6.45) is 2.88. The fourth-order valence-corrected chi connectivity index (χ4v) is 4.44. The molecule has 1 saturated heterocycles. The molecule has 1 heterocycles. The van der Waals surface area contributed by atoms with Crippen LogP contribution >= 0.6 is 0 Å². The molecular formula is C23H25NO3. The van der Waals surface area contributed by atoms with Crippen molar-refractivity contribution in [3.63, 3.8) is 0 Å². The Labute approximate surface area is 160 Å². The topological polar surface area (TPSA) is 46.6 Å². The van der Waals surface area contributed by atoms with Crippen molar-refractivity contribution < 1.29 is 14.3 Å². The molecular weight excluding hydrogens is 338 g/mol. The molecule has 1 saturated carbocycles. The van der Waals surface area contributed by atoms with Crippen LogP contribution in [0.15, 0.2) is 60.7 Å². The molecule has 2 unspecified atom stereocenters. The Bertz CT molecular complexity index is 790. The molecule has 27 heavy (non-hydrogen) atoms. The molecule has 140 valence electrons. The number of Topliss-reactive ketones (excluding diaryl/α,β-unsaturated/α-hetero) is 1. The summed E-state index contributed by atoms with van der Waals surface area (Å²) in [6.45, 7) is 0.976. The zero-order chi connectivity index (χ0) is 18.6. The molecule has 1 aliphatic carbocycles. The van der Waals surface area contributed by atoms with Crippen LogP contribution in [0.3, 0.4) is 0 Å². The largest absolute Gasteiger partial charge is 0.460 e. The molecule has 4 nitrogen and oxygen atoms in total. The standard InChI is InChI=1S/C23H25NO3/c25-20-12-11-19-13-22(23(26)27-16-18-9-5-2-6-10-18)24(21(19)14-20)15-17-7-3-1-4-8-17/h1-10,19,21-22H,11-16H2/t19?,21-,22?/m1/s1. The smallest absolute Gasteiger partial charge is 0.323 e. The molecule has 0 aromatic heterocycles. The summed E-state index contributed by atoms with van der Waals surface area (Å²) >= 11 is 0. The second kappa shape index (κ2) is 8.05. The molecule has 3 atom stereocenters. The van der Waals surface area contributed by atoms with Gasteiger partial charge < -0.3 is 4.74 Å². The van der Waals surface area contributed by atoms with Crippen LogP contribution in [0.2, 0.25) is 0 Å². The van der Waals surface area contributed by atoms with Crippen LogP contribution in [0, 0.1) is 5.92 Å². The molecule has 2 aromatic carbocycles. The summed E-state index contributed by atoms with van der Waals surface area (Å²) in [6, 6.07) is 19.8. The van der Waals surface area contributed by atoms with Gasteiger partial charge in [0.05, 0.1) is 0 Å². The third-order valence-electron chi connectivity index (χ3n) is 5.83. The van der Waals surface area contributed by atoms with E-state index in [1.807, 2.05) is 48.5 Å². The summed E-state index contributed by atoms with van der Waals surface area (Å²) in [4.78, 5) is 27.2. The number of nitrogens with zero attached hydrogens (tertiary/aromatic N) is 1. The summed E-state index contributed by atoms with van der Waals surface area (Å²) in [5, 5.41) is 0. The molecule has 2 aliphatic rings. The van der Waals surface area contributed by atoms with Gasteiger partial charge in [0.2, 0.25) is 0 Å². The zero-order valence-electron chi connectivity index (χ0n) is 15.4. The first kappa shape index (κ1) is 17.9. The first-order valence-electron chi connectivity index (χ1n) is 9.72. The number of hydrogen-bond donors (Lipinski definition) is 0. The highest BCUT2D eigenvalue weighted by atomic mass is 16.5. The number of rotatable bonds is 5. The Balaban J connectivity index is 1.49. The third kappa shape index (κ3) is 4.11. The van der Waals surface area contributed by atoms with E-state index in [2.05, 4.69) is 17.0 Å². The highest BCUT2D eigenvalue weighted by Gasteiger charge is 2.47. The Morgan fingerprint density at radius 2 is 1.67 bits per heavy atom. The van der Waals surface area contributed by atoms with Crippen LogP contribution < -0.4 is 0 Å². The lowest BCUT2D eigenvalue weighted by molar-refractivity contribution is -0.151. The van der Waals surface area contributed by atoms with Gasteiger partial charge in [-0.05, 0) is 29.9 Å². The van der Waals surface area contributed by atoms with Crippen molar-refractivity contribution in [1.82, 2.24) is 4.90 Å². The number of esters is 1. The lowest BCUT2D eigenvalue weighted by Crippen LogP contribution is -2.43. The van der Waals surface area contributed by atoms with E-state index in [0.29, 0.717) is 37.7 Å². The zero-order valence-corrected chi connectivity index (χ0v) is 15.4. The van der Waals surface area contributed by atoms with Crippen LogP contribution in [0.4, 0.5) is 0 Å². The Kier molecular flexibility index (Phi) is 5.35. The number of carbonyl (C=O) groups is 2. The van der Waals surface area contributed by atoms with Gasteiger partial charge in [0, 0.05) is 25.4 Å². The lowest BCUT2D eigenvalue weighted by atomic mass is 9.84. The number of ketones is 1. The van der Waals surface area contributed by atoms with Crippen molar-refractivity contribution in [2.75, 3.05) is 0 Å². The van der Waals surface area contributed by atoms with Crippen LogP contribution in [0.5, 0.6) is 0 Å². The van der Waals surface area contributed by atoms with Crippen molar-refractivity contribution >= 4 is 11.8 Å². The molecule has 1 aliphatic heterocycles.